The van der Waals surface area contributed by atoms with E-state index in [1.165, 1.54) is 5.56 Å². The molecule has 1 aromatic rings. The van der Waals surface area contributed by atoms with Crippen LogP contribution in [0.4, 0.5) is 5.69 Å². The van der Waals surface area contributed by atoms with E-state index < -0.39 is 0 Å². The van der Waals surface area contributed by atoms with E-state index >= 15 is 0 Å². The number of pyridine rings is 1. The summed E-state index contributed by atoms with van der Waals surface area (Å²) in [6.45, 7) is 8.81. The molecular weight excluding hydrogens is 222 g/mol. The number of nitrogens with one attached hydrogen (secondary N) is 1. The van der Waals surface area contributed by atoms with Gasteiger partial charge in [-0.15, -0.1) is 0 Å². The number of aromatic nitrogens is 1. The van der Waals surface area contributed by atoms with E-state index in [0.29, 0.717) is 5.92 Å². The third-order valence-electron chi connectivity index (χ3n) is 4.07. The standard InChI is InChI=1S/C15H22N3/c1-11-14(16-4)8-12(9-17-11)13-6-7-18(5)10-15(13,2)3/h8-9,13,16H,6-7,10H2,1-3,5H3. The highest BCUT2D eigenvalue weighted by atomic mass is 15.1. The molecule has 2 rings (SSSR count). The van der Waals surface area contributed by atoms with Crippen LogP contribution < -0.4 is 5.32 Å². The molecule has 1 unspecified atom stereocenters. The molecule has 1 aliphatic rings. The molecule has 1 aromatic heterocycles. The molecule has 3 nitrogen and oxygen atoms in total. The zero-order valence-electron chi connectivity index (χ0n) is 11.7. The molecule has 3 heteroatoms. The Labute approximate surface area is 111 Å². The summed E-state index contributed by atoms with van der Waals surface area (Å²) in [5, 5.41) is 2.49. The minimum atomic E-state index is 0.253. The first-order valence-electron chi connectivity index (χ1n) is 6.52. The molecule has 97 valence electrons. The SMILES string of the molecule is [C]Nc1cc(C2CCN(C)CC2(C)C)cnc1C. The Morgan fingerprint density at radius 2 is 2.22 bits per heavy atom. The van der Waals surface area contributed by atoms with E-state index in [2.05, 4.69) is 42.2 Å². The normalized spacial score (nSPS) is 23.9. The maximum absolute atomic E-state index is 7.33. The molecule has 1 aliphatic heterocycles. The highest BCUT2D eigenvalue weighted by molar-refractivity contribution is 5.50. The minimum absolute atomic E-state index is 0.253. The molecule has 1 N–H and O–H groups in total. The van der Waals surface area contributed by atoms with Gasteiger partial charge in [-0.05, 0) is 49.9 Å². The van der Waals surface area contributed by atoms with Crippen molar-refractivity contribution in [2.24, 2.45) is 5.41 Å². The fourth-order valence-electron chi connectivity index (χ4n) is 3.11. The largest absolute Gasteiger partial charge is 0.371 e. The maximum atomic E-state index is 7.33. The van der Waals surface area contributed by atoms with Crippen molar-refractivity contribution < 1.29 is 0 Å². The van der Waals surface area contributed by atoms with E-state index in [9.17, 15) is 0 Å². The van der Waals surface area contributed by atoms with Gasteiger partial charge in [-0.25, -0.2) is 0 Å². The zero-order valence-corrected chi connectivity index (χ0v) is 11.7. The Hall–Kier alpha value is -1.09. The first kappa shape index (κ1) is 13.3. The van der Waals surface area contributed by atoms with Crippen molar-refractivity contribution in [3.63, 3.8) is 0 Å². The first-order chi connectivity index (χ1) is 8.44. The van der Waals surface area contributed by atoms with Crippen LogP contribution >= 0.6 is 0 Å². The van der Waals surface area contributed by atoms with E-state index in [4.69, 9.17) is 7.05 Å². The van der Waals surface area contributed by atoms with Crippen LogP contribution in [0.2, 0.25) is 0 Å². The Kier molecular flexibility index (Phi) is 3.62. The topological polar surface area (TPSA) is 28.2 Å². The van der Waals surface area contributed by atoms with E-state index in [0.717, 1.165) is 30.9 Å². The van der Waals surface area contributed by atoms with Crippen LogP contribution in [0.25, 0.3) is 0 Å². The molecule has 1 saturated heterocycles. The molecule has 0 saturated carbocycles. The van der Waals surface area contributed by atoms with Crippen molar-refractivity contribution in [2.75, 3.05) is 25.5 Å². The summed E-state index contributed by atoms with van der Waals surface area (Å²) in [7, 11) is 9.51. The summed E-state index contributed by atoms with van der Waals surface area (Å²) in [5.74, 6) is 0.522. The summed E-state index contributed by atoms with van der Waals surface area (Å²) in [6.07, 6.45) is 3.14. The lowest BCUT2D eigenvalue weighted by atomic mass is 9.71. The van der Waals surface area contributed by atoms with Crippen LogP contribution in [0.3, 0.4) is 0 Å². The van der Waals surface area contributed by atoms with Gasteiger partial charge in [0, 0.05) is 12.7 Å². The van der Waals surface area contributed by atoms with Crippen LogP contribution in [0.5, 0.6) is 0 Å². The molecule has 0 aliphatic carbocycles. The van der Waals surface area contributed by atoms with Crippen molar-refractivity contribution in [3.8, 4) is 0 Å². The van der Waals surface area contributed by atoms with Crippen molar-refractivity contribution in [1.82, 2.24) is 9.88 Å². The van der Waals surface area contributed by atoms with Gasteiger partial charge < -0.3 is 10.2 Å². The quantitative estimate of drug-likeness (QED) is 0.867. The predicted molar refractivity (Wildman–Crippen MR) is 74.5 cm³/mol. The van der Waals surface area contributed by atoms with Gasteiger partial charge in [0.05, 0.1) is 11.4 Å². The highest BCUT2D eigenvalue weighted by Gasteiger charge is 2.35. The first-order valence-corrected chi connectivity index (χ1v) is 6.52. The lowest BCUT2D eigenvalue weighted by Crippen LogP contribution is -2.42. The van der Waals surface area contributed by atoms with Gasteiger partial charge >= 0.3 is 0 Å². The van der Waals surface area contributed by atoms with Crippen LogP contribution in [0, 0.1) is 19.4 Å². The summed E-state index contributed by atoms with van der Waals surface area (Å²) < 4.78 is 0. The fraction of sp³-hybridized carbons (Fsp3) is 0.600. The van der Waals surface area contributed by atoms with Gasteiger partial charge in [0.1, 0.15) is 7.05 Å². The second-order valence-corrected chi connectivity index (χ2v) is 6.09. The third kappa shape index (κ3) is 2.51. The van der Waals surface area contributed by atoms with Gasteiger partial charge in [0.25, 0.3) is 0 Å². The number of rotatable bonds is 2. The summed E-state index contributed by atoms with van der Waals surface area (Å²) in [6, 6.07) is 2.09. The van der Waals surface area contributed by atoms with Crippen LogP contribution in [-0.4, -0.2) is 30.0 Å². The third-order valence-corrected chi connectivity index (χ3v) is 4.07. The molecule has 18 heavy (non-hydrogen) atoms. The van der Waals surface area contributed by atoms with Crippen LogP contribution in [-0.2, 0) is 0 Å². The molecule has 1 atom stereocenters. The second kappa shape index (κ2) is 4.88. The Bertz CT molecular complexity index is 426. The maximum Gasteiger partial charge on any atom is 0.122 e. The van der Waals surface area contributed by atoms with Crippen LogP contribution in [0.15, 0.2) is 12.3 Å². The lowest BCUT2D eigenvalue weighted by molar-refractivity contribution is 0.114. The number of hydrogen-bond donors (Lipinski definition) is 1. The number of aryl methyl sites for hydroxylation is 1. The zero-order chi connectivity index (χ0) is 13.3. The van der Waals surface area contributed by atoms with Crippen molar-refractivity contribution in [3.05, 3.63) is 30.6 Å². The highest BCUT2D eigenvalue weighted by Crippen LogP contribution is 2.42. The van der Waals surface area contributed by atoms with Gasteiger partial charge in [0.2, 0.25) is 0 Å². The fourth-order valence-corrected chi connectivity index (χ4v) is 3.11. The molecular formula is C15H22N3. The number of piperidine rings is 1. The average molecular weight is 244 g/mol. The number of hydrogen-bond acceptors (Lipinski definition) is 3. The van der Waals surface area contributed by atoms with Crippen molar-refractivity contribution in [1.29, 1.82) is 0 Å². The molecule has 0 bridgehead atoms. The Morgan fingerprint density at radius 1 is 1.50 bits per heavy atom. The van der Waals surface area contributed by atoms with Crippen LogP contribution in [0.1, 0.15) is 37.4 Å². The predicted octanol–water partition coefficient (Wildman–Crippen LogP) is 2.79. The average Bonchev–Trinajstić information content (AvgIpc) is 2.29. The Morgan fingerprint density at radius 3 is 2.83 bits per heavy atom. The molecule has 3 radical (unpaired) electrons. The smallest absolute Gasteiger partial charge is 0.122 e. The Balaban J connectivity index is 2.30. The summed E-state index contributed by atoms with van der Waals surface area (Å²) in [5.41, 5.74) is 3.22. The monoisotopic (exact) mass is 244 g/mol. The van der Waals surface area contributed by atoms with Crippen molar-refractivity contribution in [2.45, 2.75) is 33.1 Å². The summed E-state index contributed by atoms with van der Waals surface area (Å²) in [4.78, 5) is 6.80. The van der Waals surface area contributed by atoms with Gasteiger partial charge in [-0.3, -0.25) is 4.98 Å². The van der Waals surface area contributed by atoms with Gasteiger partial charge in [0.15, 0.2) is 0 Å². The van der Waals surface area contributed by atoms with Gasteiger partial charge in [-0.1, -0.05) is 13.8 Å². The van der Waals surface area contributed by atoms with Crippen molar-refractivity contribution >= 4 is 5.69 Å². The van der Waals surface area contributed by atoms with Gasteiger partial charge in [-0.2, -0.15) is 0 Å². The molecule has 0 spiro atoms. The van der Waals surface area contributed by atoms with E-state index in [-0.39, 0.29) is 5.41 Å². The molecule has 0 aromatic carbocycles. The van der Waals surface area contributed by atoms with E-state index in [1.54, 1.807) is 0 Å². The number of anilines is 1. The van der Waals surface area contributed by atoms with E-state index in [1.807, 2.05) is 13.1 Å². The number of likely N-dealkylation sites (tertiary alicyclic amines) is 1. The number of nitrogens with zero attached hydrogens (tertiary/aromatic N) is 2. The lowest BCUT2D eigenvalue weighted by Gasteiger charge is -2.43. The molecule has 2 heterocycles. The minimum Gasteiger partial charge on any atom is -0.371 e. The molecule has 1 fully saturated rings. The summed E-state index contributed by atoms with van der Waals surface area (Å²) >= 11 is 0. The molecule has 0 amide bonds. The second-order valence-electron chi connectivity index (χ2n) is 6.09.